The van der Waals surface area contributed by atoms with Gasteiger partial charge in [-0.15, -0.1) is 0 Å². The number of nitrogens with one attached hydrogen (secondary N) is 1. The lowest BCUT2D eigenvalue weighted by Gasteiger charge is -2.26. The normalized spacial score (nSPS) is 16.6. The van der Waals surface area contributed by atoms with Crippen LogP contribution in [0, 0.1) is 20.8 Å². The number of rotatable bonds is 6. The molecular weight excluding hydrogens is 244 g/mol. The fraction of sp³-hybridized carbons (Fsp3) is 0.667. The average Bonchev–Trinajstić information content (AvgIpc) is 2.42. The molecule has 0 radical (unpaired) electrons. The lowest BCUT2D eigenvalue weighted by molar-refractivity contribution is 0.225. The Bertz CT molecular complexity index is 396. The van der Waals surface area contributed by atoms with Crippen LogP contribution in [0.15, 0.2) is 12.1 Å². The van der Waals surface area contributed by atoms with Gasteiger partial charge in [0.1, 0.15) is 0 Å². The average molecular weight is 274 g/mol. The number of hydrogen-bond donors (Lipinski definition) is 1. The largest absolute Gasteiger partial charge is 0.313 e. The van der Waals surface area contributed by atoms with E-state index in [1.807, 2.05) is 0 Å². The van der Waals surface area contributed by atoms with Crippen molar-refractivity contribution >= 4 is 0 Å². The number of nitrogens with zero attached hydrogens (tertiary/aromatic N) is 1. The van der Waals surface area contributed by atoms with Crippen molar-refractivity contribution in [3.8, 4) is 0 Å². The Morgan fingerprint density at radius 1 is 1.00 bits per heavy atom. The molecule has 1 aliphatic rings. The minimum Gasteiger partial charge on any atom is -0.313 e. The molecule has 112 valence electrons. The van der Waals surface area contributed by atoms with E-state index in [2.05, 4.69) is 43.1 Å². The Morgan fingerprint density at radius 2 is 1.65 bits per heavy atom. The minimum absolute atomic E-state index is 1.01. The highest BCUT2D eigenvalue weighted by Gasteiger charge is 2.09. The van der Waals surface area contributed by atoms with E-state index in [1.165, 1.54) is 67.6 Å². The SMILES string of the molecule is Cc1cc(C)c(CNCCCN2CCCCC2)c(C)c1. The summed E-state index contributed by atoms with van der Waals surface area (Å²) in [5.41, 5.74) is 5.69. The lowest BCUT2D eigenvalue weighted by Crippen LogP contribution is -2.32. The molecule has 1 aromatic rings. The van der Waals surface area contributed by atoms with Crippen LogP contribution in [0.1, 0.15) is 47.9 Å². The molecule has 1 aromatic carbocycles. The van der Waals surface area contributed by atoms with Crippen LogP contribution in [-0.4, -0.2) is 31.1 Å². The molecule has 1 aliphatic heterocycles. The van der Waals surface area contributed by atoms with E-state index in [4.69, 9.17) is 0 Å². The van der Waals surface area contributed by atoms with Gasteiger partial charge in [-0.05, 0) is 82.9 Å². The summed E-state index contributed by atoms with van der Waals surface area (Å²) in [6, 6.07) is 4.58. The van der Waals surface area contributed by atoms with Crippen LogP contribution in [-0.2, 0) is 6.54 Å². The predicted molar refractivity (Wildman–Crippen MR) is 87.3 cm³/mol. The lowest BCUT2D eigenvalue weighted by atomic mass is 10.00. The molecule has 0 saturated carbocycles. The Balaban J connectivity index is 1.68. The van der Waals surface area contributed by atoms with Crippen molar-refractivity contribution in [3.63, 3.8) is 0 Å². The molecule has 0 unspecified atom stereocenters. The van der Waals surface area contributed by atoms with Crippen LogP contribution in [0.4, 0.5) is 0 Å². The maximum atomic E-state index is 3.62. The third-order valence-electron chi connectivity index (χ3n) is 4.42. The second-order valence-corrected chi connectivity index (χ2v) is 6.31. The first-order valence-electron chi connectivity index (χ1n) is 8.16. The Morgan fingerprint density at radius 3 is 2.30 bits per heavy atom. The first-order chi connectivity index (χ1) is 9.66. The summed E-state index contributed by atoms with van der Waals surface area (Å²) in [6.07, 6.45) is 5.50. The molecule has 2 heteroatoms. The van der Waals surface area contributed by atoms with Crippen molar-refractivity contribution in [1.82, 2.24) is 10.2 Å². The van der Waals surface area contributed by atoms with Crippen LogP contribution in [0.25, 0.3) is 0 Å². The highest BCUT2D eigenvalue weighted by molar-refractivity contribution is 5.37. The Labute approximate surface area is 124 Å². The molecule has 0 amide bonds. The quantitative estimate of drug-likeness (QED) is 0.798. The highest BCUT2D eigenvalue weighted by Crippen LogP contribution is 2.16. The molecule has 1 fully saturated rings. The van der Waals surface area contributed by atoms with Crippen LogP contribution >= 0.6 is 0 Å². The second-order valence-electron chi connectivity index (χ2n) is 6.31. The molecule has 0 spiro atoms. The molecule has 0 aromatic heterocycles. The third kappa shape index (κ3) is 4.60. The maximum absolute atomic E-state index is 3.62. The fourth-order valence-corrected chi connectivity index (χ4v) is 3.31. The number of benzene rings is 1. The fourth-order valence-electron chi connectivity index (χ4n) is 3.31. The number of likely N-dealkylation sites (tertiary alicyclic amines) is 1. The van der Waals surface area contributed by atoms with E-state index in [1.54, 1.807) is 0 Å². The van der Waals surface area contributed by atoms with E-state index < -0.39 is 0 Å². The van der Waals surface area contributed by atoms with Gasteiger partial charge in [0.05, 0.1) is 0 Å². The zero-order valence-corrected chi connectivity index (χ0v) is 13.5. The standard InChI is InChI=1S/C18H30N2/c1-15-12-16(2)18(17(3)13-15)14-19-8-7-11-20-9-5-4-6-10-20/h12-13,19H,4-11,14H2,1-3H3. The zero-order valence-electron chi connectivity index (χ0n) is 13.5. The van der Waals surface area contributed by atoms with Gasteiger partial charge in [0.2, 0.25) is 0 Å². The highest BCUT2D eigenvalue weighted by atomic mass is 15.1. The van der Waals surface area contributed by atoms with Crippen molar-refractivity contribution in [3.05, 3.63) is 34.4 Å². The van der Waals surface area contributed by atoms with Crippen LogP contribution in [0.3, 0.4) is 0 Å². The van der Waals surface area contributed by atoms with E-state index in [9.17, 15) is 0 Å². The van der Waals surface area contributed by atoms with Crippen molar-refractivity contribution in [2.45, 2.75) is 53.0 Å². The van der Waals surface area contributed by atoms with Gasteiger partial charge in [-0.2, -0.15) is 0 Å². The Kier molecular flexibility index (Phi) is 6.06. The van der Waals surface area contributed by atoms with Gasteiger partial charge in [-0.25, -0.2) is 0 Å². The van der Waals surface area contributed by atoms with E-state index in [0.717, 1.165) is 13.1 Å². The number of hydrogen-bond acceptors (Lipinski definition) is 2. The molecule has 1 saturated heterocycles. The first-order valence-corrected chi connectivity index (χ1v) is 8.16. The molecule has 0 bridgehead atoms. The van der Waals surface area contributed by atoms with Gasteiger partial charge in [-0.1, -0.05) is 24.1 Å². The van der Waals surface area contributed by atoms with Crippen molar-refractivity contribution in [1.29, 1.82) is 0 Å². The predicted octanol–water partition coefficient (Wildman–Crippen LogP) is 3.58. The van der Waals surface area contributed by atoms with Crippen LogP contribution in [0.5, 0.6) is 0 Å². The maximum Gasteiger partial charge on any atom is 0.0210 e. The molecule has 0 atom stereocenters. The summed E-state index contributed by atoms with van der Waals surface area (Å²) in [4.78, 5) is 2.62. The molecule has 20 heavy (non-hydrogen) atoms. The summed E-state index contributed by atoms with van der Waals surface area (Å²) >= 11 is 0. The monoisotopic (exact) mass is 274 g/mol. The minimum atomic E-state index is 1.01. The van der Waals surface area contributed by atoms with E-state index >= 15 is 0 Å². The molecule has 1 N–H and O–H groups in total. The topological polar surface area (TPSA) is 15.3 Å². The van der Waals surface area contributed by atoms with Gasteiger partial charge in [0, 0.05) is 6.54 Å². The molecule has 2 nitrogen and oxygen atoms in total. The summed E-state index contributed by atoms with van der Waals surface area (Å²) < 4.78 is 0. The van der Waals surface area contributed by atoms with Crippen LogP contribution < -0.4 is 5.32 Å². The molecule has 0 aliphatic carbocycles. The van der Waals surface area contributed by atoms with E-state index in [0.29, 0.717) is 0 Å². The van der Waals surface area contributed by atoms with Gasteiger partial charge in [0.15, 0.2) is 0 Å². The first kappa shape index (κ1) is 15.5. The summed E-state index contributed by atoms with van der Waals surface area (Å²) in [5.74, 6) is 0. The van der Waals surface area contributed by atoms with Gasteiger partial charge >= 0.3 is 0 Å². The summed E-state index contributed by atoms with van der Waals surface area (Å²) in [6.45, 7) is 12.7. The molecular formula is C18H30N2. The van der Waals surface area contributed by atoms with Gasteiger partial charge in [-0.3, -0.25) is 0 Å². The number of piperidine rings is 1. The smallest absolute Gasteiger partial charge is 0.0210 e. The third-order valence-corrected chi connectivity index (χ3v) is 4.42. The Hall–Kier alpha value is -0.860. The summed E-state index contributed by atoms with van der Waals surface area (Å²) in [7, 11) is 0. The van der Waals surface area contributed by atoms with Crippen molar-refractivity contribution in [2.75, 3.05) is 26.2 Å². The van der Waals surface area contributed by atoms with Gasteiger partial charge in [0.25, 0.3) is 0 Å². The second kappa shape index (κ2) is 7.80. The molecule has 2 rings (SSSR count). The zero-order chi connectivity index (χ0) is 14.4. The molecule has 1 heterocycles. The van der Waals surface area contributed by atoms with Gasteiger partial charge < -0.3 is 10.2 Å². The van der Waals surface area contributed by atoms with E-state index in [-0.39, 0.29) is 0 Å². The van der Waals surface area contributed by atoms with Crippen molar-refractivity contribution < 1.29 is 0 Å². The van der Waals surface area contributed by atoms with Crippen molar-refractivity contribution in [2.24, 2.45) is 0 Å². The van der Waals surface area contributed by atoms with Crippen LogP contribution in [0.2, 0.25) is 0 Å². The number of aryl methyl sites for hydroxylation is 3. The summed E-state index contributed by atoms with van der Waals surface area (Å²) in [5, 5.41) is 3.62.